The molecule has 1 fully saturated rings. The van der Waals surface area contributed by atoms with Crippen molar-refractivity contribution in [3.8, 4) is 0 Å². The van der Waals surface area contributed by atoms with Crippen LogP contribution in [0.3, 0.4) is 0 Å². The summed E-state index contributed by atoms with van der Waals surface area (Å²) >= 11 is 0. The summed E-state index contributed by atoms with van der Waals surface area (Å²) in [6.45, 7) is 2.40. The average molecular weight is 352 g/mol. The van der Waals surface area contributed by atoms with E-state index in [0.717, 1.165) is 12.0 Å². The van der Waals surface area contributed by atoms with Crippen molar-refractivity contribution in [3.05, 3.63) is 65.5 Å². The zero-order chi connectivity index (χ0) is 18.4. The molecule has 0 spiro atoms. The molecular weight excluding hydrogens is 332 g/mol. The molecule has 0 bridgehead atoms. The molecule has 2 aromatic rings. The second-order valence-electron chi connectivity index (χ2n) is 6.03. The predicted octanol–water partition coefficient (Wildman–Crippen LogP) is 0.926. The van der Waals surface area contributed by atoms with E-state index in [1.54, 1.807) is 15.9 Å². The summed E-state index contributed by atoms with van der Waals surface area (Å²) in [4.78, 5) is 43.1. The van der Waals surface area contributed by atoms with Crippen LogP contribution in [0, 0.1) is 0 Å². The summed E-state index contributed by atoms with van der Waals surface area (Å²) in [5.41, 5.74) is 1.61. The van der Waals surface area contributed by atoms with Gasteiger partial charge in [0, 0.05) is 44.5 Å². The highest BCUT2D eigenvalue weighted by atomic mass is 16.2. The first kappa shape index (κ1) is 17.6. The normalized spacial score (nSPS) is 14.0. The average Bonchev–Trinajstić information content (AvgIpc) is 2.72. The van der Waals surface area contributed by atoms with E-state index in [0.29, 0.717) is 38.3 Å². The molecule has 1 aliphatic rings. The highest BCUT2D eigenvalue weighted by Crippen LogP contribution is 2.09. The fraction of sp³-hybridized carbons (Fsp3) is 0.263. The number of amides is 3. The van der Waals surface area contributed by atoms with E-state index in [2.05, 4.69) is 10.3 Å². The van der Waals surface area contributed by atoms with Crippen molar-refractivity contribution in [2.75, 3.05) is 26.2 Å². The van der Waals surface area contributed by atoms with Gasteiger partial charge in [-0.15, -0.1) is 0 Å². The zero-order valence-corrected chi connectivity index (χ0v) is 14.3. The van der Waals surface area contributed by atoms with Gasteiger partial charge in [0.1, 0.15) is 5.69 Å². The minimum absolute atomic E-state index is 0.157. The SMILES string of the molecule is O=CN1CCN(C(=O)c2ccnc(C(=O)NCc3ccccc3)c2)CC1. The van der Waals surface area contributed by atoms with Crippen molar-refractivity contribution in [2.24, 2.45) is 0 Å². The molecule has 26 heavy (non-hydrogen) atoms. The van der Waals surface area contributed by atoms with Crippen molar-refractivity contribution >= 4 is 18.2 Å². The Morgan fingerprint density at radius 2 is 1.81 bits per heavy atom. The second kappa shape index (κ2) is 8.24. The number of nitrogens with zero attached hydrogens (tertiary/aromatic N) is 3. The first-order chi connectivity index (χ1) is 12.7. The Kier molecular flexibility index (Phi) is 5.58. The number of aromatic nitrogens is 1. The van der Waals surface area contributed by atoms with Crippen molar-refractivity contribution in [1.29, 1.82) is 0 Å². The highest BCUT2D eigenvalue weighted by Gasteiger charge is 2.22. The molecule has 3 amide bonds. The molecular formula is C19H20N4O3. The van der Waals surface area contributed by atoms with Crippen LogP contribution in [0.15, 0.2) is 48.7 Å². The fourth-order valence-electron chi connectivity index (χ4n) is 2.77. The minimum atomic E-state index is -0.325. The Labute approximate surface area is 151 Å². The summed E-state index contributed by atoms with van der Waals surface area (Å²) in [6, 6.07) is 12.7. The Morgan fingerprint density at radius 3 is 2.50 bits per heavy atom. The molecule has 3 rings (SSSR count). The molecule has 0 saturated carbocycles. The zero-order valence-electron chi connectivity index (χ0n) is 14.3. The van der Waals surface area contributed by atoms with Crippen LogP contribution < -0.4 is 5.32 Å². The highest BCUT2D eigenvalue weighted by molar-refractivity contribution is 5.98. The minimum Gasteiger partial charge on any atom is -0.347 e. The number of carbonyl (C=O) groups is 3. The second-order valence-corrected chi connectivity index (χ2v) is 6.03. The van der Waals surface area contributed by atoms with Crippen LogP contribution in [0.25, 0.3) is 0 Å². The standard InChI is InChI=1S/C19H20N4O3/c24-14-22-8-10-23(11-9-22)19(26)16-6-7-20-17(12-16)18(25)21-13-15-4-2-1-3-5-15/h1-7,12,14H,8-11,13H2,(H,21,25). The maximum absolute atomic E-state index is 12.6. The molecule has 1 aromatic heterocycles. The van der Waals surface area contributed by atoms with Gasteiger partial charge in [0.2, 0.25) is 6.41 Å². The van der Waals surface area contributed by atoms with Gasteiger partial charge in [-0.1, -0.05) is 30.3 Å². The lowest BCUT2D eigenvalue weighted by molar-refractivity contribution is -0.119. The summed E-state index contributed by atoms with van der Waals surface area (Å²) in [6.07, 6.45) is 2.26. The van der Waals surface area contributed by atoms with Crippen LogP contribution in [-0.2, 0) is 11.3 Å². The van der Waals surface area contributed by atoms with E-state index in [-0.39, 0.29) is 17.5 Å². The fourth-order valence-corrected chi connectivity index (χ4v) is 2.77. The van der Waals surface area contributed by atoms with E-state index in [1.807, 2.05) is 30.3 Å². The lowest BCUT2D eigenvalue weighted by Gasteiger charge is -2.32. The van der Waals surface area contributed by atoms with Crippen LogP contribution in [0.2, 0.25) is 0 Å². The maximum Gasteiger partial charge on any atom is 0.270 e. The molecule has 1 aromatic carbocycles. The third-order valence-electron chi connectivity index (χ3n) is 4.29. The summed E-state index contributed by atoms with van der Waals surface area (Å²) in [5, 5.41) is 2.80. The molecule has 1 saturated heterocycles. The van der Waals surface area contributed by atoms with Crippen LogP contribution in [0.1, 0.15) is 26.4 Å². The van der Waals surface area contributed by atoms with Gasteiger partial charge in [0.25, 0.3) is 11.8 Å². The van der Waals surface area contributed by atoms with Crippen molar-refractivity contribution < 1.29 is 14.4 Å². The molecule has 134 valence electrons. The molecule has 0 unspecified atom stereocenters. The van der Waals surface area contributed by atoms with Crippen molar-refractivity contribution in [1.82, 2.24) is 20.1 Å². The first-order valence-corrected chi connectivity index (χ1v) is 8.44. The predicted molar refractivity (Wildman–Crippen MR) is 95.4 cm³/mol. The number of nitrogens with one attached hydrogen (secondary N) is 1. The number of piperazine rings is 1. The van der Waals surface area contributed by atoms with Gasteiger partial charge >= 0.3 is 0 Å². The van der Waals surface area contributed by atoms with E-state index in [1.165, 1.54) is 12.3 Å². The van der Waals surface area contributed by atoms with Gasteiger partial charge in [-0.25, -0.2) is 0 Å². The monoisotopic (exact) mass is 352 g/mol. The van der Waals surface area contributed by atoms with Gasteiger partial charge < -0.3 is 15.1 Å². The number of benzene rings is 1. The van der Waals surface area contributed by atoms with E-state index < -0.39 is 0 Å². The third-order valence-corrected chi connectivity index (χ3v) is 4.29. The largest absolute Gasteiger partial charge is 0.347 e. The molecule has 0 aliphatic carbocycles. The summed E-state index contributed by atoms with van der Waals surface area (Å²) in [7, 11) is 0. The Bertz CT molecular complexity index is 786. The number of rotatable bonds is 5. The van der Waals surface area contributed by atoms with Gasteiger partial charge in [-0.05, 0) is 17.7 Å². The maximum atomic E-state index is 12.6. The number of hydrogen-bond acceptors (Lipinski definition) is 4. The molecule has 1 aliphatic heterocycles. The van der Waals surface area contributed by atoms with Crippen molar-refractivity contribution in [3.63, 3.8) is 0 Å². The smallest absolute Gasteiger partial charge is 0.270 e. The Morgan fingerprint density at radius 1 is 1.08 bits per heavy atom. The summed E-state index contributed by atoms with van der Waals surface area (Å²) in [5.74, 6) is -0.482. The molecule has 7 nitrogen and oxygen atoms in total. The number of carbonyl (C=O) groups excluding carboxylic acids is 3. The Balaban J connectivity index is 1.63. The van der Waals surface area contributed by atoms with Crippen LogP contribution in [-0.4, -0.2) is 59.2 Å². The van der Waals surface area contributed by atoms with Gasteiger partial charge in [-0.3, -0.25) is 19.4 Å². The molecule has 7 heteroatoms. The van der Waals surface area contributed by atoms with E-state index in [4.69, 9.17) is 0 Å². The topological polar surface area (TPSA) is 82.6 Å². The van der Waals surface area contributed by atoms with Gasteiger partial charge in [0.15, 0.2) is 0 Å². The molecule has 0 radical (unpaired) electrons. The third kappa shape index (κ3) is 4.24. The number of pyridine rings is 1. The molecule has 1 N–H and O–H groups in total. The van der Waals surface area contributed by atoms with Crippen LogP contribution in [0.5, 0.6) is 0 Å². The van der Waals surface area contributed by atoms with Gasteiger partial charge in [0.05, 0.1) is 0 Å². The Hall–Kier alpha value is -3.22. The van der Waals surface area contributed by atoms with Crippen LogP contribution in [0.4, 0.5) is 0 Å². The lowest BCUT2D eigenvalue weighted by atomic mass is 10.1. The van der Waals surface area contributed by atoms with Crippen LogP contribution >= 0.6 is 0 Å². The lowest BCUT2D eigenvalue weighted by Crippen LogP contribution is -2.48. The molecule has 2 heterocycles. The van der Waals surface area contributed by atoms with Gasteiger partial charge in [-0.2, -0.15) is 0 Å². The van der Waals surface area contributed by atoms with E-state index >= 15 is 0 Å². The first-order valence-electron chi connectivity index (χ1n) is 8.44. The number of hydrogen-bond donors (Lipinski definition) is 1. The quantitative estimate of drug-likeness (QED) is 0.812. The van der Waals surface area contributed by atoms with E-state index in [9.17, 15) is 14.4 Å². The summed E-state index contributed by atoms with van der Waals surface area (Å²) < 4.78 is 0. The molecule has 0 atom stereocenters. The van der Waals surface area contributed by atoms with Crippen molar-refractivity contribution in [2.45, 2.75) is 6.54 Å².